The van der Waals surface area contributed by atoms with Crippen LogP contribution in [-0.4, -0.2) is 34.9 Å². The van der Waals surface area contributed by atoms with Gasteiger partial charge < -0.3 is 10.2 Å². The summed E-state index contributed by atoms with van der Waals surface area (Å²) in [5, 5.41) is 20.8. The minimum absolute atomic E-state index is 0.0769. The number of carboxylic acids is 1. The number of hydrogen-bond donors (Lipinski definition) is 3. The van der Waals surface area contributed by atoms with Crippen molar-refractivity contribution in [2.75, 3.05) is 6.61 Å². The molecular formula is C12H17NO3. The highest BCUT2D eigenvalue weighted by Gasteiger charge is 2.16. The normalized spacial score (nSPS) is 14.4. The first-order valence-electron chi connectivity index (χ1n) is 5.27. The fraction of sp³-hybridized carbons (Fsp3) is 0.417. The number of rotatable bonds is 6. The molecular weight excluding hydrogens is 206 g/mol. The molecule has 0 heterocycles. The molecule has 0 amide bonds. The van der Waals surface area contributed by atoms with E-state index in [1.807, 2.05) is 30.3 Å². The number of benzene rings is 1. The minimum Gasteiger partial charge on any atom is -0.480 e. The highest BCUT2D eigenvalue weighted by atomic mass is 16.4. The van der Waals surface area contributed by atoms with Gasteiger partial charge in [-0.2, -0.15) is 0 Å². The van der Waals surface area contributed by atoms with Crippen molar-refractivity contribution < 1.29 is 15.0 Å². The van der Waals surface area contributed by atoms with E-state index < -0.39 is 12.0 Å². The highest BCUT2D eigenvalue weighted by Crippen LogP contribution is 2.03. The number of aliphatic carboxylic acids is 1. The lowest BCUT2D eigenvalue weighted by Crippen LogP contribution is -2.44. The van der Waals surface area contributed by atoms with Gasteiger partial charge in [-0.15, -0.1) is 0 Å². The third kappa shape index (κ3) is 4.00. The van der Waals surface area contributed by atoms with Gasteiger partial charge in [0.1, 0.15) is 6.04 Å². The van der Waals surface area contributed by atoms with Crippen molar-refractivity contribution in [1.29, 1.82) is 0 Å². The van der Waals surface area contributed by atoms with Gasteiger partial charge in [-0.25, -0.2) is 0 Å². The molecule has 0 saturated heterocycles. The predicted molar refractivity (Wildman–Crippen MR) is 61.3 cm³/mol. The van der Waals surface area contributed by atoms with Crippen LogP contribution in [0.3, 0.4) is 0 Å². The molecule has 4 nitrogen and oxygen atoms in total. The zero-order chi connectivity index (χ0) is 12.0. The largest absolute Gasteiger partial charge is 0.480 e. The standard InChI is InChI=1S/C12H17NO3/c1-9(12(15)16)13-11(8-14)7-10-5-3-2-4-6-10/h2-6,9,11,13-14H,7-8H2,1H3,(H,15,16)/t9?,11-/m0/s1. The van der Waals surface area contributed by atoms with E-state index in [9.17, 15) is 4.79 Å². The van der Waals surface area contributed by atoms with Gasteiger partial charge in [-0.3, -0.25) is 10.1 Å². The SMILES string of the molecule is CC(N[C@H](CO)Cc1ccccc1)C(=O)O. The fourth-order valence-corrected chi connectivity index (χ4v) is 1.50. The zero-order valence-electron chi connectivity index (χ0n) is 9.26. The topological polar surface area (TPSA) is 69.6 Å². The molecule has 0 bridgehead atoms. The number of carboxylic acid groups (broad SMARTS) is 1. The predicted octanol–water partition coefficient (Wildman–Crippen LogP) is 0.653. The average Bonchev–Trinajstić information content (AvgIpc) is 2.29. The Morgan fingerprint density at radius 1 is 1.38 bits per heavy atom. The van der Waals surface area contributed by atoms with E-state index in [1.54, 1.807) is 6.92 Å². The van der Waals surface area contributed by atoms with Crippen molar-refractivity contribution in [3.8, 4) is 0 Å². The molecule has 0 aliphatic rings. The second-order valence-electron chi connectivity index (χ2n) is 3.80. The number of aliphatic hydroxyl groups excluding tert-OH is 1. The van der Waals surface area contributed by atoms with Crippen molar-refractivity contribution in [2.24, 2.45) is 0 Å². The molecule has 3 N–H and O–H groups in total. The summed E-state index contributed by atoms with van der Waals surface area (Å²) in [5.41, 5.74) is 1.08. The Labute approximate surface area is 94.9 Å². The number of aliphatic hydroxyl groups is 1. The quantitative estimate of drug-likeness (QED) is 0.662. The van der Waals surface area contributed by atoms with Crippen molar-refractivity contribution in [3.63, 3.8) is 0 Å². The summed E-state index contributed by atoms with van der Waals surface area (Å²) in [5.74, 6) is -0.911. The van der Waals surface area contributed by atoms with Crippen LogP contribution in [0.25, 0.3) is 0 Å². The lowest BCUT2D eigenvalue weighted by molar-refractivity contribution is -0.139. The Bertz CT molecular complexity index is 326. The monoisotopic (exact) mass is 223 g/mol. The number of carbonyl (C=O) groups is 1. The molecule has 1 rings (SSSR count). The van der Waals surface area contributed by atoms with Crippen molar-refractivity contribution in [3.05, 3.63) is 35.9 Å². The summed E-state index contributed by atoms with van der Waals surface area (Å²) in [6, 6.07) is 8.79. The molecule has 0 aliphatic heterocycles. The van der Waals surface area contributed by atoms with Crippen LogP contribution < -0.4 is 5.32 Å². The van der Waals surface area contributed by atoms with Crippen LogP contribution in [0.15, 0.2) is 30.3 Å². The summed E-state index contributed by atoms with van der Waals surface area (Å²) in [6.07, 6.45) is 0.620. The van der Waals surface area contributed by atoms with Gasteiger partial charge >= 0.3 is 5.97 Å². The maximum absolute atomic E-state index is 10.7. The van der Waals surface area contributed by atoms with Crippen LogP contribution in [0.5, 0.6) is 0 Å². The van der Waals surface area contributed by atoms with Crippen molar-refractivity contribution in [2.45, 2.75) is 25.4 Å². The second-order valence-corrected chi connectivity index (χ2v) is 3.80. The molecule has 1 aromatic rings. The molecule has 16 heavy (non-hydrogen) atoms. The number of hydrogen-bond acceptors (Lipinski definition) is 3. The molecule has 4 heteroatoms. The summed E-state index contributed by atoms with van der Waals surface area (Å²) in [7, 11) is 0. The van der Waals surface area contributed by atoms with Gasteiger partial charge in [0.2, 0.25) is 0 Å². The van der Waals surface area contributed by atoms with E-state index in [4.69, 9.17) is 10.2 Å². The Hall–Kier alpha value is -1.39. The Kier molecular flexibility index (Phi) is 4.95. The molecule has 0 radical (unpaired) electrons. The van der Waals surface area contributed by atoms with E-state index in [2.05, 4.69) is 5.32 Å². The van der Waals surface area contributed by atoms with Crippen LogP contribution in [0, 0.1) is 0 Å². The third-order valence-electron chi connectivity index (χ3n) is 2.40. The molecule has 0 aromatic heterocycles. The van der Waals surface area contributed by atoms with Gasteiger partial charge in [-0.1, -0.05) is 30.3 Å². The van der Waals surface area contributed by atoms with Gasteiger partial charge in [0.25, 0.3) is 0 Å². The van der Waals surface area contributed by atoms with Gasteiger partial charge in [0.15, 0.2) is 0 Å². The Morgan fingerprint density at radius 3 is 2.50 bits per heavy atom. The van der Waals surface area contributed by atoms with Crippen LogP contribution in [-0.2, 0) is 11.2 Å². The summed E-state index contributed by atoms with van der Waals surface area (Å²) < 4.78 is 0. The molecule has 0 saturated carbocycles. The molecule has 1 unspecified atom stereocenters. The van der Waals surface area contributed by atoms with E-state index in [0.29, 0.717) is 6.42 Å². The molecule has 0 spiro atoms. The van der Waals surface area contributed by atoms with Crippen LogP contribution in [0.4, 0.5) is 0 Å². The van der Waals surface area contributed by atoms with E-state index in [0.717, 1.165) is 5.56 Å². The fourth-order valence-electron chi connectivity index (χ4n) is 1.50. The average molecular weight is 223 g/mol. The summed E-state index contributed by atoms with van der Waals surface area (Å²) in [4.78, 5) is 10.7. The lowest BCUT2D eigenvalue weighted by atomic mass is 10.1. The summed E-state index contributed by atoms with van der Waals surface area (Å²) in [6.45, 7) is 1.49. The number of nitrogens with one attached hydrogen (secondary N) is 1. The molecule has 0 aliphatic carbocycles. The maximum atomic E-state index is 10.7. The van der Waals surface area contributed by atoms with E-state index in [-0.39, 0.29) is 12.6 Å². The van der Waals surface area contributed by atoms with Crippen molar-refractivity contribution >= 4 is 5.97 Å². The van der Waals surface area contributed by atoms with Crippen LogP contribution >= 0.6 is 0 Å². The lowest BCUT2D eigenvalue weighted by Gasteiger charge is -2.19. The highest BCUT2D eigenvalue weighted by molar-refractivity contribution is 5.72. The summed E-state index contributed by atoms with van der Waals surface area (Å²) >= 11 is 0. The van der Waals surface area contributed by atoms with Crippen molar-refractivity contribution in [1.82, 2.24) is 5.32 Å². The minimum atomic E-state index is -0.911. The molecule has 2 atom stereocenters. The first-order chi connectivity index (χ1) is 7.63. The van der Waals surface area contributed by atoms with Crippen LogP contribution in [0.1, 0.15) is 12.5 Å². The third-order valence-corrected chi connectivity index (χ3v) is 2.40. The first kappa shape index (κ1) is 12.7. The van der Waals surface area contributed by atoms with E-state index in [1.165, 1.54) is 0 Å². The Balaban J connectivity index is 2.53. The maximum Gasteiger partial charge on any atom is 0.320 e. The molecule has 1 aromatic carbocycles. The zero-order valence-corrected chi connectivity index (χ0v) is 9.26. The van der Waals surface area contributed by atoms with Gasteiger partial charge in [-0.05, 0) is 18.9 Å². The molecule has 0 fully saturated rings. The smallest absolute Gasteiger partial charge is 0.320 e. The van der Waals surface area contributed by atoms with Gasteiger partial charge in [0, 0.05) is 6.04 Å². The molecule has 88 valence electrons. The van der Waals surface area contributed by atoms with E-state index >= 15 is 0 Å². The first-order valence-corrected chi connectivity index (χ1v) is 5.27. The second kappa shape index (κ2) is 6.25. The Morgan fingerprint density at radius 2 is 2.00 bits per heavy atom. The van der Waals surface area contributed by atoms with Gasteiger partial charge in [0.05, 0.1) is 6.61 Å². The van der Waals surface area contributed by atoms with Crippen LogP contribution in [0.2, 0.25) is 0 Å².